The second kappa shape index (κ2) is 9.88. The van der Waals surface area contributed by atoms with E-state index in [0.717, 1.165) is 5.56 Å². The topological polar surface area (TPSA) is 102 Å². The van der Waals surface area contributed by atoms with E-state index in [1.54, 1.807) is 43.3 Å². The molecular formula is C23H24N2O6. The minimum absolute atomic E-state index is 0.00202. The highest BCUT2D eigenvalue weighted by molar-refractivity contribution is 6.00. The van der Waals surface area contributed by atoms with E-state index in [1.165, 1.54) is 4.90 Å². The summed E-state index contributed by atoms with van der Waals surface area (Å²) in [4.78, 5) is 50.0. The van der Waals surface area contributed by atoms with Crippen molar-refractivity contribution in [1.29, 1.82) is 0 Å². The molecule has 0 saturated carbocycles. The molecule has 1 N–H and O–H groups in total. The average molecular weight is 424 g/mol. The molecular weight excluding hydrogens is 400 g/mol. The number of nitrogens with zero attached hydrogens (tertiary/aromatic N) is 1. The number of nitrogens with one attached hydrogen (secondary N) is 1. The van der Waals surface area contributed by atoms with Gasteiger partial charge in [-0.2, -0.15) is 0 Å². The first kappa shape index (κ1) is 22.0. The number of amides is 2. The van der Waals surface area contributed by atoms with Crippen molar-refractivity contribution in [2.75, 3.05) is 30.0 Å². The second-order valence-electron chi connectivity index (χ2n) is 7.20. The highest BCUT2D eigenvalue weighted by Crippen LogP contribution is 2.26. The highest BCUT2D eigenvalue weighted by Gasteiger charge is 2.36. The molecule has 1 saturated heterocycles. The Morgan fingerprint density at radius 1 is 1.10 bits per heavy atom. The molecule has 2 amide bonds. The van der Waals surface area contributed by atoms with Crippen LogP contribution < -0.4 is 10.2 Å². The summed E-state index contributed by atoms with van der Waals surface area (Å²) in [5.41, 5.74) is 2.57. The van der Waals surface area contributed by atoms with Crippen molar-refractivity contribution in [2.45, 2.75) is 20.3 Å². The summed E-state index contributed by atoms with van der Waals surface area (Å²) in [5.74, 6) is -2.38. The van der Waals surface area contributed by atoms with Crippen LogP contribution in [0.4, 0.5) is 11.4 Å². The maximum Gasteiger partial charge on any atom is 0.338 e. The molecule has 8 nitrogen and oxygen atoms in total. The number of carbonyl (C=O) groups is 4. The van der Waals surface area contributed by atoms with Gasteiger partial charge in [0.05, 0.1) is 18.1 Å². The minimum Gasteiger partial charge on any atom is -0.462 e. The number of hydrogen-bond acceptors (Lipinski definition) is 6. The predicted molar refractivity (Wildman–Crippen MR) is 114 cm³/mol. The summed E-state index contributed by atoms with van der Waals surface area (Å²) < 4.78 is 10.0. The summed E-state index contributed by atoms with van der Waals surface area (Å²) >= 11 is 0. The maximum absolute atomic E-state index is 12.4. The van der Waals surface area contributed by atoms with E-state index >= 15 is 0 Å². The monoisotopic (exact) mass is 424 g/mol. The third-order valence-electron chi connectivity index (χ3n) is 4.80. The predicted octanol–water partition coefficient (Wildman–Crippen LogP) is 2.71. The molecule has 2 aromatic rings. The van der Waals surface area contributed by atoms with Crippen molar-refractivity contribution >= 4 is 35.1 Å². The van der Waals surface area contributed by atoms with Gasteiger partial charge in [0, 0.05) is 24.3 Å². The summed E-state index contributed by atoms with van der Waals surface area (Å²) in [5, 5.41) is 2.66. The van der Waals surface area contributed by atoms with Crippen LogP contribution in [0.1, 0.15) is 29.3 Å². The lowest BCUT2D eigenvalue weighted by molar-refractivity contribution is -0.151. The van der Waals surface area contributed by atoms with Crippen LogP contribution >= 0.6 is 0 Å². The standard InChI is InChI=1S/C23H24N2O6/c1-3-30-22(28)16-7-9-19(10-8-16)25-13-17(12-21(25)27)23(29)31-14-20(26)24-18-6-4-5-15(2)11-18/h4-11,17H,3,12-14H2,1-2H3,(H,24,26)/t17-/m0/s1. The number of rotatable bonds is 7. The lowest BCUT2D eigenvalue weighted by atomic mass is 10.1. The molecule has 3 rings (SSSR count). The van der Waals surface area contributed by atoms with Gasteiger partial charge in [0.2, 0.25) is 5.91 Å². The van der Waals surface area contributed by atoms with Gasteiger partial charge < -0.3 is 19.7 Å². The summed E-state index contributed by atoms with van der Waals surface area (Å²) in [6.45, 7) is 3.63. The molecule has 162 valence electrons. The first-order valence-corrected chi connectivity index (χ1v) is 9.98. The van der Waals surface area contributed by atoms with Gasteiger partial charge in [-0.3, -0.25) is 14.4 Å². The number of esters is 2. The number of ether oxygens (including phenoxy) is 2. The van der Waals surface area contributed by atoms with E-state index in [0.29, 0.717) is 16.9 Å². The normalized spacial score (nSPS) is 15.5. The van der Waals surface area contributed by atoms with Crippen LogP contribution in [-0.4, -0.2) is 43.5 Å². The summed E-state index contributed by atoms with van der Waals surface area (Å²) in [6.07, 6.45) is -0.00202. The zero-order chi connectivity index (χ0) is 22.4. The number of anilines is 2. The zero-order valence-corrected chi connectivity index (χ0v) is 17.4. The van der Waals surface area contributed by atoms with Crippen LogP contribution in [0.3, 0.4) is 0 Å². The molecule has 1 aliphatic heterocycles. The van der Waals surface area contributed by atoms with Gasteiger partial charge in [-0.05, 0) is 55.8 Å². The molecule has 0 unspecified atom stereocenters. The van der Waals surface area contributed by atoms with Crippen molar-refractivity contribution in [3.63, 3.8) is 0 Å². The van der Waals surface area contributed by atoms with Crippen molar-refractivity contribution in [2.24, 2.45) is 5.92 Å². The minimum atomic E-state index is -0.663. The van der Waals surface area contributed by atoms with Gasteiger partial charge in [0.1, 0.15) is 0 Å². The van der Waals surface area contributed by atoms with Crippen molar-refractivity contribution in [1.82, 2.24) is 0 Å². The van der Waals surface area contributed by atoms with Crippen molar-refractivity contribution in [3.8, 4) is 0 Å². The smallest absolute Gasteiger partial charge is 0.338 e. The van der Waals surface area contributed by atoms with Crippen LogP contribution in [-0.2, 0) is 23.9 Å². The molecule has 1 aliphatic rings. The fourth-order valence-electron chi connectivity index (χ4n) is 3.28. The zero-order valence-electron chi connectivity index (χ0n) is 17.4. The molecule has 0 spiro atoms. The Kier molecular flexibility index (Phi) is 7.02. The SMILES string of the molecule is CCOC(=O)c1ccc(N2C[C@@H](C(=O)OCC(=O)Nc3cccc(C)c3)CC2=O)cc1. The lowest BCUT2D eigenvalue weighted by Crippen LogP contribution is -2.28. The highest BCUT2D eigenvalue weighted by atomic mass is 16.5. The van der Waals surface area contributed by atoms with E-state index in [2.05, 4.69) is 5.32 Å². The van der Waals surface area contributed by atoms with Gasteiger partial charge in [-0.1, -0.05) is 12.1 Å². The van der Waals surface area contributed by atoms with Gasteiger partial charge in [-0.25, -0.2) is 4.79 Å². The van der Waals surface area contributed by atoms with Crippen LogP contribution in [0, 0.1) is 12.8 Å². The largest absolute Gasteiger partial charge is 0.462 e. The molecule has 0 aromatic heterocycles. The van der Waals surface area contributed by atoms with Crippen LogP contribution in [0.15, 0.2) is 48.5 Å². The molecule has 8 heteroatoms. The number of aryl methyl sites for hydroxylation is 1. The quantitative estimate of drug-likeness (QED) is 0.686. The first-order valence-electron chi connectivity index (χ1n) is 9.98. The van der Waals surface area contributed by atoms with Gasteiger partial charge in [-0.15, -0.1) is 0 Å². The molecule has 0 aliphatic carbocycles. The first-order chi connectivity index (χ1) is 14.9. The summed E-state index contributed by atoms with van der Waals surface area (Å²) in [7, 11) is 0. The van der Waals surface area contributed by atoms with E-state index in [4.69, 9.17) is 9.47 Å². The molecule has 1 heterocycles. The van der Waals surface area contributed by atoms with E-state index < -0.39 is 30.4 Å². The van der Waals surface area contributed by atoms with E-state index in [-0.39, 0.29) is 25.5 Å². The van der Waals surface area contributed by atoms with Crippen LogP contribution in [0.5, 0.6) is 0 Å². The molecule has 0 bridgehead atoms. The molecule has 0 radical (unpaired) electrons. The Balaban J connectivity index is 1.52. The number of hydrogen-bond donors (Lipinski definition) is 1. The Bertz CT molecular complexity index is 986. The molecule has 31 heavy (non-hydrogen) atoms. The van der Waals surface area contributed by atoms with E-state index in [1.807, 2.05) is 19.1 Å². The fourth-order valence-corrected chi connectivity index (χ4v) is 3.28. The number of carbonyl (C=O) groups excluding carboxylic acids is 4. The molecule has 1 fully saturated rings. The van der Waals surface area contributed by atoms with Crippen LogP contribution in [0.25, 0.3) is 0 Å². The van der Waals surface area contributed by atoms with Gasteiger partial charge >= 0.3 is 11.9 Å². The molecule has 1 atom stereocenters. The molecule has 2 aromatic carbocycles. The Morgan fingerprint density at radius 2 is 1.84 bits per heavy atom. The van der Waals surface area contributed by atoms with Gasteiger partial charge in [0.25, 0.3) is 5.91 Å². The van der Waals surface area contributed by atoms with Crippen molar-refractivity contribution in [3.05, 3.63) is 59.7 Å². The third kappa shape index (κ3) is 5.69. The fraction of sp³-hybridized carbons (Fsp3) is 0.304. The lowest BCUT2D eigenvalue weighted by Gasteiger charge is -2.17. The Morgan fingerprint density at radius 3 is 2.52 bits per heavy atom. The Hall–Kier alpha value is -3.68. The summed E-state index contributed by atoms with van der Waals surface area (Å²) in [6, 6.07) is 13.7. The average Bonchev–Trinajstić information content (AvgIpc) is 3.14. The van der Waals surface area contributed by atoms with Gasteiger partial charge in [0.15, 0.2) is 6.61 Å². The number of benzene rings is 2. The Labute approximate surface area is 180 Å². The van der Waals surface area contributed by atoms with E-state index in [9.17, 15) is 19.2 Å². The second-order valence-corrected chi connectivity index (χ2v) is 7.20. The third-order valence-corrected chi connectivity index (χ3v) is 4.80. The van der Waals surface area contributed by atoms with Crippen molar-refractivity contribution < 1.29 is 28.7 Å². The van der Waals surface area contributed by atoms with Crippen LogP contribution in [0.2, 0.25) is 0 Å². The maximum atomic E-state index is 12.4.